The number of nitrogens with zero attached hydrogens (tertiary/aromatic N) is 1. The van der Waals surface area contributed by atoms with E-state index in [1.54, 1.807) is 13.1 Å². The highest BCUT2D eigenvalue weighted by Gasteiger charge is 2.23. The Balaban J connectivity index is 2.34. The number of aromatic nitrogens is 1. The first-order chi connectivity index (χ1) is 9.69. The Morgan fingerprint density at radius 1 is 1.50 bits per heavy atom. The van der Waals surface area contributed by atoms with E-state index in [0.717, 1.165) is 6.42 Å². The molecule has 1 aromatic rings. The van der Waals surface area contributed by atoms with E-state index >= 15 is 0 Å². The van der Waals surface area contributed by atoms with E-state index in [0.29, 0.717) is 36.2 Å². The van der Waals surface area contributed by atoms with Crippen LogP contribution in [0.4, 0.5) is 5.82 Å². The summed E-state index contributed by atoms with van der Waals surface area (Å²) in [6.07, 6.45) is 0.737. The molecule has 1 N–H and O–H groups in total. The summed E-state index contributed by atoms with van der Waals surface area (Å²) in [6, 6.07) is 1.57. The van der Waals surface area contributed by atoms with E-state index in [1.165, 1.54) is 14.2 Å². The van der Waals surface area contributed by atoms with Crippen LogP contribution in [0.1, 0.15) is 16.8 Å². The lowest BCUT2D eigenvalue weighted by Crippen LogP contribution is -2.17. The predicted octanol–water partition coefficient (Wildman–Crippen LogP) is 1.09. The van der Waals surface area contributed by atoms with E-state index in [1.807, 2.05) is 0 Å². The van der Waals surface area contributed by atoms with Crippen molar-refractivity contribution >= 4 is 11.8 Å². The molecule has 2 rings (SSSR count). The number of rotatable bonds is 5. The molecule has 2 heterocycles. The Morgan fingerprint density at radius 2 is 2.30 bits per heavy atom. The molecule has 1 aromatic heterocycles. The highest BCUT2D eigenvalue weighted by molar-refractivity contribution is 5.95. The van der Waals surface area contributed by atoms with E-state index in [9.17, 15) is 4.79 Å². The fourth-order valence-electron chi connectivity index (χ4n) is 1.95. The summed E-state index contributed by atoms with van der Waals surface area (Å²) in [7, 11) is 4.48. The average Bonchev–Trinajstić information content (AvgIpc) is 2.99. The second kappa shape index (κ2) is 6.42. The van der Waals surface area contributed by atoms with Gasteiger partial charge in [-0.2, -0.15) is 4.98 Å². The van der Waals surface area contributed by atoms with Crippen molar-refractivity contribution in [2.45, 2.75) is 12.5 Å². The van der Waals surface area contributed by atoms with Crippen molar-refractivity contribution in [3.8, 4) is 11.6 Å². The summed E-state index contributed by atoms with van der Waals surface area (Å²) in [5.41, 5.74) is 0.296. The van der Waals surface area contributed by atoms with E-state index in [-0.39, 0.29) is 6.10 Å². The molecule has 0 spiro atoms. The molecule has 1 unspecified atom stereocenters. The van der Waals surface area contributed by atoms with Crippen molar-refractivity contribution in [1.82, 2.24) is 4.98 Å². The molecule has 1 fully saturated rings. The van der Waals surface area contributed by atoms with Crippen molar-refractivity contribution < 1.29 is 23.7 Å². The zero-order valence-electron chi connectivity index (χ0n) is 11.8. The quantitative estimate of drug-likeness (QED) is 0.810. The second-order valence-corrected chi connectivity index (χ2v) is 4.24. The molecule has 1 aliphatic heterocycles. The lowest BCUT2D eigenvalue weighted by molar-refractivity contribution is 0.0600. The third-order valence-corrected chi connectivity index (χ3v) is 2.97. The fraction of sp³-hybridized carbons (Fsp3) is 0.538. The van der Waals surface area contributed by atoms with Gasteiger partial charge < -0.3 is 24.3 Å². The lowest BCUT2D eigenvalue weighted by Gasteiger charge is -2.16. The minimum atomic E-state index is -0.489. The Bertz CT molecular complexity index is 486. The van der Waals surface area contributed by atoms with E-state index < -0.39 is 5.97 Å². The van der Waals surface area contributed by atoms with Crippen molar-refractivity contribution in [1.29, 1.82) is 0 Å². The molecule has 7 heteroatoms. The van der Waals surface area contributed by atoms with Crippen LogP contribution in [-0.2, 0) is 9.47 Å². The van der Waals surface area contributed by atoms with Crippen LogP contribution in [0, 0.1) is 0 Å². The highest BCUT2D eigenvalue weighted by atomic mass is 16.6. The largest absolute Gasteiger partial charge is 0.482 e. The number of carbonyl (C=O) groups is 1. The molecular formula is C13H18N2O5. The van der Waals surface area contributed by atoms with Gasteiger partial charge in [-0.05, 0) is 0 Å². The number of carbonyl (C=O) groups excluding carboxylic acids is 1. The van der Waals surface area contributed by atoms with Gasteiger partial charge in [0.05, 0.1) is 27.4 Å². The monoisotopic (exact) mass is 282 g/mol. The first-order valence-corrected chi connectivity index (χ1v) is 6.29. The van der Waals surface area contributed by atoms with Crippen LogP contribution in [0.25, 0.3) is 0 Å². The number of hydrogen-bond acceptors (Lipinski definition) is 7. The first kappa shape index (κ1) is 14.4. The maximum atomic E-state index is 11.8. The normalized spacial score (nSPS) is 17.6. The molecule has 1 aliphatic rings. The maximum Gasteiger partial charge on any atom is 0.341 e. The number of methoxy groups -OCH3 is 2. The Kier molecular flexibility index (Phi) is 4.62. The average molecular weight is 282 g/mol. The van der Waals surface area contributed by atoms with Crippen LogP contribution in [0.15, 0.2) is 6.07 Å². The summed E-state index contributed by atoms with van der Waals surface area (Å²) >= 11 is 0. The van der Waals surface area contributed by atoms with Gasteiger partial charge in [0.2, 0.25) is 0 Å². The van der Waals surface area contributed by atoms with Gasteiger partial charge >= 0.3 is 5.97 Å². The second-order valence-electron chi connectivity index (χ2n) is 4.24. The van der Waals surface area contributed by atoms with Crippen LogP contribution in [0.2, 0.25) is 0 Å². The summed E-state index contributed by atoms with van der Waals surface area (Å²) in [6.45, 7) is 1.18. The van der Waals surface area contributed by atoms with Gasteiger partial charge in [-0.25, -0.2) is 4.79 Å². The van der Waals surface area contributed by atoms with Gasteiger partial charge in [-0.3, -0.25) is 0 Å². The Labute approximate surface area is 117 Å². The number of esters is 1. The van der Waals surface area contributed by atoms with Gasteiger partial charge in [0.25, 0.3) is 5.88 Å². The zero-order valence-corrected chi connectivity index (χ0v) is 11.8. The maximum absolute atomic E-state index is 11.8. The van der Waals surface area contributed by atoms with Crippen LogP contribution in [0.5, 0.6) is 11.6 Å². The topological polar surface area (TPSA) is 78.9 Å². The minimum absolute atomic E-state index is 0.0587. The van der Waals surface area contributed by atoms with Crippen molar-refractivity contribution in [3.63, 3.8) is 0 Å². The summed E-state index contributed by atoms with van der Waals surface area (Å²) in [5.74, 6) is 0.608. The molecule has 0 aromatic carbocycles. The lowest BCUT2D eigenvalue weighted by atomic mass is 10.2. The molecule has 20 heavy (non-hydrogen) atoms. The molecular weight excluding hydrogens is 264 g/mol. The van der Waals surface area contributed by atoms with Crippen LogP contribution in [0.3, 0.4) is 0 Å². The fourth-order valence-corrected chi connectivity index (χ4v) is 1.95. The SMILES string of the molecule is CNc1nc(OC)c(OC2CCOC2)cc1C(=O)OC. The molecule has 1 saturated heterocycles. The number of nitrogens with one attached hydrogen (secondary N) is 1. The van der Waals surface area contributed by atoms with Gasteiger partial charge in [-0.15, -0.1) is 0 Å². The van der Waals surface area contributed by atoms with E-state index in [2.05, 4.69) is 10.3 Å². The molecule has 7 nitrogen and oxygen atoms in total. The standard InChI is InChI=1S/C13H18N2O5/c1-14-11-9(13(16)18-3)6-10(12(15-11)17-2)20-8-4-5-19-7-8/h6,8H,4-5,7H2,1-3H3,(H,14,15). The molecule has 0 bridgehead atoms. The van der Waals surface area contributed by atoms with E-state index in [4.69, 9.17) is 18.9 Å². The summed E-state index contributed by atoms with van der Waals surface area (Å²) < 4.78 is 21.0. The van der Waals surface area contributed by atoms with Crippen molar-refractivity contribution in [3.05, 3.63) is 11.6 Å². The summed E-state index contributed by atoms with van der Waals surface area (Å²) in [4.78, 5) is 16.0. The zero-order chi connectivity index (χ0) is 14.5. The van der Waals surface area contributed by atoms with Crippen LogP contribution in [-0.4, -0.2) is 51.5 Å². The van der Waals surface area contributed by atoms with Crippen LogP contribution >= 0.6 is 0 Å². The number of anilines is 1. The molecule has 110 valence electrons. The molecule has 0 aliphatic carbocycles. The van der Waals surface area contributed by atoms with Gasteiger partial charge in [0.15, 0.2) is 5.75 Å². The van der Waals surface area contributed by atoms with Gasteiger partial charge in [0, 0.05) is 19.5 Å². The van der Waals surface area contributed by atoms with Crippen molar-refractivity contribution in [2.24, 2.45) is 0 Å². The molecule has 0 radical (unpaired) electrons. The summed E-state index contributed by atoms with van der Waals surface area (Å²) in [5, 5.41) is 2.83. The van der Waals surface area contributed by atoms with Gasteiger partial charge in [-0.1, -0.05) is 0 Å². The smallest absolute Gasteiger partial charge is 0.341 e. The minimum Gasteiger partial charge on any atom is -0.482 e. The molecule has 0 saturated carbocycles. The van der Waals surface area contributed by atoms with Crippen LogP contribution < -0.4 is 14.8 Å². The first-order valence-electron chi connectivity index (χ1n) is 6.29. The third-order valence-electron chi connectivity index (χ3n) is 2.97. The van der Waals surface area contributed by atoms with Crippen molar-refractivity contribution in [2.75, 3.05) is 39.8 Å². The number of pyridine rings is 1. The Morgan fingerprint density at radius 3 is 2.85 bits per heavy atom. The Hall–Kier alpha value is -2.02. The third kappa shape index (κ3) is 2.93. The van der Waals surface area contributed by atoms with Gasteiger partial charge in [0.1, 0.15) is 17.5 Å². The molecule has 0 amide bonds. The number of ether oxygens (including phenoxy) is 4. The molecule has 1 atom stereocenters. The highest BCUT2D eigenvalue weighted by Crippen LogP contribution is 2.31. The number of hydrogen-bond donors (Lipinski definition) is 1. The predicted molar refractivity (Wildman–Crippen MR) is 71.5 cm³/mol.